The van der Waals surface area contributed by atoms with Crippen molar-refractivity contribution >= 4 is 55.1 Å². The number of hydrogen-bond acceptors (Lipinski definition) is 4. The number of rotatable bonds is 10. The molecule has 0 saturated carbocycles. The van der Waals surface area contributed by atoms with E-state index in [4.69, 9.17) is 11.6 Å². The number of hydrogen-bond donors (Lipinski definition) is 1. The molecule has 0 aromatic heterocycles. The van der Waals surface area contributed by atoms with E-state index in [1.807, 2.05) is 38.1 Å². The van der Waals surface area contributed by atoms with Crippen LogP contribution in [0.4, 0.5) is 5.69 Å². The second-order valence-electron chi connectivity index (χ2n) is 8.66. The largest absolute Gasteiger partial charge is 0.354 e. The third-order valence-electron chi connectivity index (χ3n) is 5.22. The number of aryl methyl sites for hydroxylation is 1. The third-order valence-corrected chi connectivity index (χ3v) is 7.11. The normalized spacial score (nSPS) is 12.4. The molecule has 34 heavy (non-hydrogen) atoms. The molecule has 1 N–H and O–H groups in total. The van der Waals surface area contributed by atoms with Crippen LogP contribution in [0.15, 0.2) is 46.9 Å². The molecule has 0 aliphatic carbocycles. The van der Waals surface area contributed by atoms with E-state index >= 15 is 0 Å². The van der Waals surface area contributed by atoms with E-state index in [9.17, 15) is 18.0 Å². The van der Waals surface area contributed by atoms with E-state index in [2.05, 4.69) is 21.2 Å². The fourth-order valence-electron chi connectivity index (χ4n) is 3.32. The Morgan fingerprint density at radius 3 is 2.24 bits per heavy atom. The molecular weight excluding hydrogens is 542 g/mol. The van der Waals surface area contributed by atoms with Crippen LogP contribution in [0.2, 0.25) is 5.02 Å². The Balaban J connectivity index is 2.39. The molecule has 0 aliphatic rings. The van der Waals surface area contributed by atoms with Crippen LogP contribution in [0.1, 0.15) is 31.9 Å². The molecule has 2 rings (SSSR count). The maximum absolute atomic E-state index is 13.5. The first-order valence-corrected chi connectivity index (χ1v) is 13.9. The summed E-state index contributed by atoms with van der Waals surface area (Å²) < 4.78 is 27.2. The summed E-state index contributed by atoms with van der Waals surface area (Å²) in [6.45, 7) is 7.51. The van der Waals surface area contributed by atoms with Crippen molar-refractivity contribution in [3.8, 4) is 0 Å². The minimum absolute atomic E-state index is 0.152. The van der Waals surface area contributed by atoms with Gasteiger partial charge in [0, 0.05) is 22.6 Å². The molecule has 1 atom stereocenters. The molecule has 2 aromatic rings. The monoisotopic (exact) mass is 571 g/mol. The lowest BCUT2D eigenvalue weighted by Crippen LogP contribution is -2.51. The van der Waals surface area contributed by atoms with Crippen LogP contribution in [0.5, 0.6) is 0 Å². The number of amides is 2. The quantitative estimate of drug-likeness (QED) is 0.458. The molecule has 2 aromatic carbocycles. The van der Waals surface area contributed by atoms with E-state index in [1.54, 1.807) is 32.0 Å². The Labute approximate surface area is 215 Å². The predicted octanol–water partition coefficient (Wildman–Crippen LogP) is 4.37. The fourth-order valence-corrected chi connectivity index (χ4v) is 4.71. The predicted molar refractivity (Wildman–Crippen MR) is 140 cm³/mol. The van der Waals surface area contributed by atoms with Gasteiger partial charge in [-0.05, 0) is 61.2 Å². The number of benzene rings is 2. The van der Waals surface area contributed by atoms with Gasteiger partial charge < -0.3 is 10.2 Å². The van der Waals surface area contributed by atoms with E-state index < -0.39 is 28.5 Å². The highest BCUT2D eigenvalue weighted by Crippen LogP contribution is 2.26. The van der Waals surface area contributed by atoms with E-state index in [0.29, 0.717) is 22.8 Å². The summed E-state index contributed by atoms with van der Waals surface area (Å²) in [5.74, 6) is -0.539. The standard InChI is InChI=1S/C24H31BrClN3O4S/c1-16(2)13-27-24(31)18(4)28(14-19-6-8-20(25)9-7-19)23(30)15-29(34(5,32)33)22-11-10-21(26)12-17(22)3/h6-12,16,18H,13-15H2,1-5H3,(H,27,31)/t18-/m1/s1. The SMILES string of the molecule is Cc1cc(Cl)ccc1N(CC(=O)N(Cc1ccc(Br)cc1)[C@H](C)C(=O)NCC(C)C)S(C)(=O)=O. The first-order chi connectivity index (χ1) is 15.8. The Kier molecular flexibility index (Phi) is 9.96. The van der Waals surface area contributed by atoms with Crippen LogP contribution in [0.25, 0.3) is 0 Å². The third kappa shape index (κ3) is 7.99. The van der Waals surface area contributed by atoms with Crippen molar-refractivity contribution in [3.05, 3.63) is 63.1 Å². The summed E-state index contributed by atoms with van der Waals surface area (Å²) in [5, 5.41) is 3.32. The molecule has 0 radical (unpaired) electrons. The zero-order chi connectivity index (χ0) is 25.6. The smallest absolute Gasteiger partial charge is 0.244 e. The average Bonchev–Trinajstić information content (AvgIpc) is 2.74. The van der Waals surface area contributed by atoms with Gasteiger partial charge in [-0.25, -0.2) is 8.42 Å². The molecule has 0 heterocycles. The molecule has 0 aliphatic heterocycles. The van der Waals surface area contributed by atoms with Crippen molar-refractivity contribution in [1.29, 1.82) is 0 Å². The van der Waals surface area contributed by atoms with Crippen LogP contribution in [-0.4, -0.2) is 50.5 Å². The molecule has 7 nitrogen and oxygen atoms in total. The van der Waals surface area contributed by atoms with Crippen molar-refractivity contribution in [2.45, 2.75) is 40.3 Å². The van der Waals surface area contributed by atoms with E-state index in [1.165, 1.54) is 4.90 Å². The number of anilines is 1. The topological polar surface area (TPSA) is 86.8 Å². The Bertz CT molecular complexity index is 1120. The van der Waals surface area contributed by atoms with Gasteiger partial charge in [-0.1, -0.05) is 53.5 Å². The summed E-state index contributed by atoms with van der Waals surface area (Å²) in [7, 11) is -3.79. The maximum Gasteiger partial charge on any atom is 0.244 e. The van der Waals surface area contributed by atoms with Crippen LogP contribution in [-0.2, 0) is 26.2 Å². The van der Waals surface area contributed by atoms with Crippen LogP contribution in [0.3, 0.4) is 0 Å². The lowest BCUT2D eigenvalue weighted by Gasteiger charge is -2.32. The summed E-state index contributed by atoms with van der Waals surface area (Å²) in [6, 6.07) is 11.4. The van der Waals surface area contributed by atoms with Crippen LogP contribution in [0, 0.1) is 12.8 Å². The van der Waals surface area contributed by atoms with Crippen molar-refractivity contribution < 1.29 is 18.0 Å². The number of halogens is 2. The van der Waals surface area contributed by atoms with Gasteiger partial charge in [-0.15, -0.1) is 0 Å². The summed E-state index contributed by atoms with van der Waals surface area (Å²) >= 11 is 9.42. The zero-order valence-corrected chi connectivity index (χ0v) is 23.2. The molecule has 0 bridgehead atoms. The van der Waals surface area contributed by atoms with Gasteiger partial charge in [0.05, 0.1) is 11.9 Å². The maximum atomic E-state index is 13.5. The first kappa shape index (κ1) is 28.1. The van der Waals surface area contributed by atoms with Crippen molar-refractivity contribution in [2.75, 3.05) is 23.7 Å². The van der Waals surface area contributed by atoms with Crippen molar-refractivity contribution in [1.82, 2.24) is 10.2 Å². The molecule has 0 saturated heterocycles. The van der Waals surface area contributed by atoms with Gasteiger partial charge >= 0.3 is 0 Å². The highest BCUT2D eigenvalue weighted by molar-refractivity contribution is 9.10. The number of nitrogens with zero attached hydrogens (tertiary/aromatic N) is 2. The van der Waals surface area contributed by atoms with Gasteiger partial charge in [0.25, 0.3) is 0 Å². The van der Waals surface area contributed by atoms with Gasteiger partial charge in [0.2, 0.25) is 21.8 Å². The molecule has 2 amide bonds. The van der Waals surface area contributed by atoms with E-state index in [0.717, 1.165) is 20.6 Å². The Morgan fingerprint density at radius 2 is 1.71 bits per heavy atom. The zero-order valence-electron chi connectivity index (χ0n) is 20.0. The molecule has 0 unspecified atom stereocenters. The van der Waals surface area contributed by atoms with Gasteiger partial charge in [0.1, 0.15) is 12.6 Å². The van der Waals surface area contributed by atoms with Crippen molar-refractivity contribution in [3.63, 3.8) is 0 Å². The minimum atomic E-state index is -3.79. The van der Waals surface area contributed by atoms with Crippen LogP contribution >= 0.6 is 27.5 Å². The van der Waals surface area contributed by atoms with Gasteiger partial charge in [-0.2, -0.15) is 0 Å². The average molecular weight is 573 g/mol. The second kappa shape index (κ2) is 12.0. The second-order valence-corrected chi connectivity index (χ2v) is 11.9. The molecule has 0 fully saturated rings. The lowest BCUT2D eigenvalue weighted by atomic mass is 10.1. The number of sulfonamides is 1. The number of carbonyl (C=O) groups excluding carboxylic acids is 2. The van der Waals surface area contributed by atoms with Crippen LogP contribution < -0.4 is 9.62 Å². The summed E-state index contributed by atoms with van der Waals surface area (Å²) in [5.41, 5.74) is 1.79. The molecular formula is C24H31BrClN3O4S. The molecule has 10 heteroatoms. The van der Waals surface area contributed by atoms with Crippen molar-refractivity contribution in [2.24, 2.45) is 5.92 Å². The highest BCUT2D eigenvalue weighted by atomic mass is 79.9. The summed E-state index contributed by atoms with van der Waals surface area (Å²) in [6.07, 6.45) is 1.05. The van der Waals surface area contributed by atoms with E-state index in [-0.39, 0.29) is 18.4 Å². The minimum Gasteiger partial charge on any atom is -0.354 e. The van der Waals surface area contributed by atoms with Gasteiger partial charge in [-0.3, -0.25) is 13.9 Å². The highest BCUT2D eigenvalue weighted by Gasteiger charge is 2.30. The first-order valence-electron chi connectivity index (χ1n) is 10.8. The number of nitrogens with one attached hydrogen (secondary N) is 1. The summed E-state index contributed by atoms with van der Waals surface area (Å²) in [4.78, 5) is 27.7. The number of carbonyl (C=O) groups is 2. The Morgan fingerprint density at radius 1 is 1.09 bits per heavy atom. The fraction of sp³-hybridized carbons (Fsp3) is 0.417. The molecule has 186 valence electrons. The molecule has 0 spiro atoms. The Hall–Kier alpha value is -2.10. The lowest BCUT2D eigenvalue weighted by molar-refractivity contribution is -0.139. The van der Waals surface area contributed by atoms with Gasteiger partial charge in [0.15, 0.2) is 0 Å².